The quantitative estimate of drug-likeness (QED) is 0.430. The molecule has 1 atom stereocenters. The fourth-order valence-corrected chi connectivity index (χ4v) is 5.72. The maximum Gasteiger partial charge on any atom is 0.264 e. The van der Waals surface area contributed by atoms with Crippen molar-refractivity contribution in [2.75, 3.05) is 19.6 Å². The number of carbonyl (C=O) groups excluding carboxylic acids is 2. The van der Waals surface area contributed by atoms with Gasteiger partial charge in [0.1, 0.15) is 6.54 Å². The Morgan fingerprint density at radius 1 is 1.13 bits per heavy atom. The van der Waals surface area contributed by atoms with Crippen LogP contribution in [0.3, 0.4) is 0 Å². The van der Waals surface area contributed by atoms with E-state index in [-0.39, 0.29) is 24.4 Å². The molecule has 0 saturated carbocycles. The zero-order valence-corrected chi connectivity index (χ0v) is 19.8. The third-order valence-corrected chi connectivity index (χ3v) is 7.71. The molecule has 2 aromatic heterocycles. The molecule has 3 aromatic rings. The van der Waals surface area contributed by atoms with Crippen molar-refractivity contribution >= 4 is 46.1 Å². The van der Waals surface area contributed by atoms with Gasteiger partial charge in [0.2, 0.25) is 5.91 Å². The van der Waals surface area contributed by atoms with E-state index in [1.165, 1.54) is 21.8 Å². The lowest BCUT2D eigenvalue weighted by Gasteiger charge is -2.37. The van der Waals surface area contributed by atoms with E-state index >= 15 is 0 Å². The molecule has 1 aromatic carbocycles. The van der Waals surface area contributed by atoms with Crippen LogP contribution in [0.1, 0.15) is 51.5 Å². The smallest absolute Gasteiger partial charge is 0.264 e. The number of hydrogen-bond donors (Lipinski definition) is 0. The van der Waals surface area contributed by atoms with Crippen molar-refractivity contribution in [3.8, 4) is 0 Å². The maximum absolute atomic E-state index is 13.5. The van der Waals surface area contributed by atoms with Crippen LogP contribution in [0.4, 0.5) is 0 Å². The van der Waals surface area contributed by atoms with Crippen molar-refractivity contribution in [1.29, 1.82) is 0 Å². The predicted octanol–water partition coefficient (Wildman–Crippen LogP) is 5.88. The molecule has 3 heterocycles. The molecule has 1 unspecified atom stereocenters. The Kier molecular flexibility index (Phi) is 7.10. The summed E-state index contributed by atoms with van der Waals surface area (Å²) in [5.41, 5.74) is 2.22. The van der Waals surface area contributed by atoms with Crippen molar-refractivity contribution < 1.29 is 9.59 Å². The Balaban J connectivity index is 1.60. The summed E-state index contributed by atoms with van der Waals surface area (Å²) in [5.74, 6) is -0.0779. The minimum absolute atomic E-state index is 0.0159. The summed E-state index contributed by atoms with van der Waals surface area (Å²) in [6.45, 7) is 3.42. The van der Waals surface area contributed by atoms with Crippen LogP contribution in [0.25, 0.3) is 0 Å². The summed E-state index contributed by atoms with van der Waals surface area (Å²) in [7, 11) is 0. The van der Waals surface area contributed by atoms with Crippen LogP contribution < -0.4 is 0 Å². The molecule has 1 aliphatic rings. The van der Waals surface area contributed by atoms with E-state index < -0.39 is 0 Å². The molecule has 0 radical (unpaired) electrons. The van der Waals surface area contributed by atoms with Crippen molar-refractivity contribution in [1.82, 2.24) is 9.80 Å². The Morgan fingerprint density at radius 2 is 1.94 bits per heavy atom. The molecule has 1 aliphatic heterocycles. The fraction of sp³-hybridized carbons (Fsp3) is 0.333. The number of fused-ring (bicyclic) bond motifs is 1. The zero-order chi connectivity index (χ0) is 21.8. The van der Waals surface area contributed by atoms with Gasteiger partial charge < -0.3 is 9.80 Å². The molecule has 0 aliphatic carbocycles. The van der Waals surface area contributed by atoms with Gasteiger partial charge in [-0.05, 0) is 59.0 Å². The van der Waals surface area contributed by atoms with E-state index in [0.717, 1.165) is 24.8 Å². The Bertz CT molecular complexity index is 1030. The first kappa shape index (κ1) is 22.1. The lowest BCUT2D eigenvalue weighted by molar-refractivity contribution is -0.134. The number of amides is 2. The molecule has 0 saturated heterocycles. The van der Waals surface area contributed by atoms with Crippen molar-refractivity contribution in [2.24, 2.45) is 0 Å². The van der Waals surface area contributed by atoms with Crippen LogP contribution >= 0.6 is 34.3 Å². The molecule has 0 bridgehead atoms. The topological polar surface area (TPSA) is 40.6 Å². The second-order valence-electron chi connectivity index (χ2n) is 7.65. The molecule has 0 N–H and O–H groups in total. The largest absolute Gasteiger partial charge is 0.330 e. The van der Waals surface area contributed by atoms with E-state index in [0.29, 0.717) is 23.0 Å². The fourth-order valence-electron chi connectivity index (χ4n) is 4.00. The van der Waals surface area contributed by atoms with Crippen LogP contribution in [0.2, 0.25) is 5.02 Å². The monoisotopic (exact) mass is 472 g/mol. The SMILES string of the molecule is CCCCN(CC(=O)N1CCc2sccc2C1c1ccc(Cl)cc1)C(=O)c1cccs1. The summed E-state index contributed by atoms with van der Waals surface area (Å²) in [6, 6.07) is 13.4. The summed E-state index contributed by atoms with van der Waals surface area (Å²) in [5, 5.41) is 4.66. The predicted molar refractivity (Wildman–Crippen MR) is 128 cm³/mol. The van der Waals surface area contributed by atoms with Gasteiger partial charge in [-0.3, -0.25) is 9.59 Å². The minimum Gasteiger partial charge on any atom is -0.330 e. The Hall–Kier alpha value is -2.15. The number of thiophene rings is 2. The Morgan fingerprint density at radius 3 is 2.65 bits per heavy atom. The second-order valence-corrected chi connectivity index (χ2v) is 10.0. The van der Waals surface area contributed by atoms with Crippen LogP contribution in [0.5, 0.6) is 0 Å². The average molecular weight is 473 g/mol. The molecular weight excluding hydrogens is 448 g/mol. The first-order chi connectivity index (χ1) is 15.1. The van der Waals surface area contributed by atoms with E-state index in [9.17, 15) is 9.59 Å². The van der Waals surface area contributed by atoms with Gasteiger partial charge in [-0.2, -0.15) is 0 Å². The first-order valence-electron chi connectivity index (χ1n) is 10.5. The zero-order valence-electron chi connectivity index (χ0n) is 17.4. The van der Waals surface area contributed by atoms with Gasteiger partial charge in [-0.25, -0.2) is 0 Å². The molecule has 0 spiro atoms. The third-order valence-electron chi connectivity index (χ3n) is 5.60. The van der Waals surface area contributed by atoms with Gasteiger partial charge in [-0.1, -0.05) is 43.1 Å². The van der Waals surface area contributed by atoms with Crippen molar-refractivity contribution in [2.45, 2.75) is 32.2 Å². The van der Waals surface area contributed by atoms with E-state index in [2.05, 4.69) is 18.4 Å². The molecule has 4 rings (SSSR count). The lowest BCUT2D eigenvalue weighted by Crippen LogP contribution is -2.47. The van der Waals surface area contributed by atoms with Crippen LogP contribution in [-0.4, -0.2) is 41.2 Å². The molecule has 162 valence electrons. The van der Waals surface area contributed by atoms with Gasteiger partial charge in [0.15, 0.2) is 0 Å². The first-order valence-corrected chi connectivity index (χ1v) is 12.7. The number of unbranched alkanes of at least 4 members (excludes halogenated alkanes) is 1. The maximum atomic E-state index is 13.5. The molecule has 4 nitrogen and oxygen atoms in total. The second kappa shape index (κ2) is 9.98. The van der Waals surface area contributed by atoms with Crippen LogP contribution in [0, 0.1) is 0 Å². The van der Waals surface area contributed by atoms with E-state index in [1.54, 1.807) is 16.2 Å². The molecule has 0 fully saturated rings. The minimum atomic E-state index is -0.148. The Labute approximate surface area is 196 Å². The normalized spacial score (nSPS) is 15.5. The molecule has 7 heteroatoms. The van der Waals surface area contributed by atoms with E-state index in [1.807, 2.05) is 46.7 Å². The van der Waals surface area contributed by atoms with Gasteiger partial charge in [0.05, 0.1) is 10.9 Å². The van der Waals surface area contributed by atoms with Gasteiger partial charge in [-0.15, -0.1) is 22.7 Å². The highest BCUT2D eigenvalue weighted by Crippen LogP contribution is 2.38. The number of carbonyl (C=O) groups is 2. The molecular formula is C24H25ClN2O2S2. The number of halogens is 1. The summed E-state index contributed by atoms with van der Waals surface area (Å²) in [4.78, 5) is 32.2. The standard InChI is InChI=1S/C24H25ClN2O2S2/c1-2-3-12-26(24(29)21-5-4-14-30-21)16-22(28)27-13-10-20-19(11-15-31-20)23(27)17-6-8-18(25)9-7-17/h4-9,11,14-15,23H,2-3,10,12-13,16H2,1H3. The highest BCUT2D eigenvalue weighted by atomic mass is 35.5. The summed E-state index contributed by atoms with van der Waals surface area (Å²) in [6.07, 6.45) is 2.69. The number of rotatable bonds is 7. The summed E-state index contributed by atoms with van der Waals surface area (Å²) < 4.78 is 0. The number of nitrogens with zero attached hydrogens (tertiary/aromatic N) is 2. The number of hydrogen-bond acceptors (Lipinski definition) is 4. The van der Waals surface area contributed by atoms with Gasteiger partial charge in [0.25, 0.3) is 5.91 Å². The van der Waals surface area contributed by atoms with Gasteiger partial charge >= 0.3 is 0 Å². The highest BCUT2D eigenvalue weighted by Gasteiger charge is 2.34. The van der Waals surface area contributed by atoms with Gasteiger partial charge in [0, 0.05) is 23.0 Å². The van der Waals surface area contributed by atoms with Crippen molar-refractivity contribution in [3.05, 3.63) is 79.1 Å². The summed E-state index contributed by atoms with van der Waals surface area (Å²) >= 11 is 9.27. The number of benzene rings is 1. The van der Waals surface area contributed by atoms with Crippen LogP contribution in [0.15, 0.2) is 53.2 Å². The van der Waals surface area contributed by atoms with Crippen LogP contribution in [-0.2, 0) is 11.2 Å². The lowest BCUT2D eigenvalue weighted by atomic mass is 9.93. The van der Waals surface area contributed by atoms with E-state index in [4.69, 9.17) is 11.6 Å². The average Bonchev–Trinajstić information content (AvgIpc) is 3.48. The molecule has 2 amide bonds. The highest BCUT2D eigenvalue weighted by molar-refractivity contribution is 7.12. The molecule has 31 heavy (non-hydrogen) atoms. The van der Waals surface area contributed by atoms with Crippen molar-refractivity contribution in [3.63, 3.8) is 0 Å². The third kappa shape index (κ3) is 4.86.